The number of carbonyl (C=O) groups excluding carboxylic acids is 1. The van der Waals surface area contributed by atoms with Crippen LogP contribution in [-0.4, -0.2) is 47.2 Å². The van der Waals surface area contributed by atoms with Gasteiger partial charge in [0.1, 0.15) is 5.54 Å². The number of hydrogen-bond acceptors (Lipinski definition) is 3. The molecule has 0 spiro atoms. The SMILES string of the molecule is O=C1CCCCN1C1(C(=O)O)CCOCC1. The Bertz CT molecular complexity index is 294. The summed E-state index contributed by atoms with van der Waals surface area (Å²) in [7, 11) is 0. The predicted molar refractivity (Wildman–Crippen MR) is 56.0 cm³/mol. The largest absolute Gasteiger partial charge is 0.479 e. The van der Waals surface area contributed by atoms with Crippen LogP contribution in [0.25, 0.3) is 0 Å². The first-order chi connectivity index (χ1) is 7.67. The molecule has 0 aromatic rings. The quantitative estimate of drug-likeness (QED) is 0.751. The monoisotopic (exact) mass is 227 g/mol. The molecule has 1 N–H and O–H groups in total. The van der Waals surface area contributed by atoms with Gasteiger partial charge in [0.25, 0.3) is 0 Å². The van der Waals surface area contributed by atoms with Gasteiger partial charge in [0.05, 0.1) is 0 Å². The number of hydrogen-bond donors (Lipinski definition) is 1. The van der Waals surface area contributed by atoms with Gasteiger partial charge in [-0.3, -0.25) is 4.79 Å². The topological polar surface area (TPSA) is 66.8 Å². The lowest BCUT2D eigenvalue weighted by molar-refractivity contribution is -0.168. The highest BCUT2D eigenvalue weighted by atomic mass is 16.5. The van der Waals surface area contributed by atoms with E-state index >= 15 is 0 Å². The maximum absolute atomic E-state index is 11.8. The number of piperidine rings is 1. The number of ether oxygens (including phenoxy) is 1. The third kappa shape index (κ3) is 1.80. The summed E-state index contributed by atoms with van der Waals surface area (Å²) >= 11 is 0. The van der Waals surface area contributed by atoms with Crippen molar-refractivity contribution in [3.8, 4) is 0 Å². The minimum atomic E-state index is -1.00. The maximum atomic E-state index is 11.8. The molecule has 0 unspecified atom stereocenters. The summed E-state index contributed by atoms with van der Waals surface area (Å²) in [6.07, 6.45) is 3.08. The van der Waals surface area contributed by atoms with E-state index in [-0.39, 0.29) is 5.91 Å². The zero-order chi connectivity index (χ0) is 11.6. The molecular weight excluding hydrogens is 210 g/mol. The molecule has 0 aromatic carbocycles. The molecule has 2 rings (SSSR count). The first kappa shape index (κ1) is 11.4. The van der Waals surface area contributed by atoms with Crippen molar-refractivity contribution in [2.75, 3.05) is 19.8 Å². The van der Waals surface area contributed by atoms with Crippen LogP contribution in [0.15, 0.2) is 0 Å². The van der Waals surface area contributed by atoms with Gasteiger partial charge < -0.3 is 14.7 Å². The molecule has 2 fully saturated rings. The second-order valence-electron chi connectivity index (χ2n) is 4.45. The molecule has 1 amide bonds. The van der Waals surface area contributed by atoms with Crippen LogP contribution < -0.4 is 0 Å². The van der Waals surface area contributed by atoms with Crippen molar-refractivity contribution in [3.05, 3.63) is 0 Å². The summed E-state index contributed by atoms with van der Waals surface area (Å²) in [5.74, 6) is -0.901. The summed E-state index contributed by atoms with van der Waals surface area (Å²) < 4.78 is 5.20. The van der Waals surface area contributed by atoms with Crippen molar-refractivity contribution in [3.63, 3.8) is 0 Å². The molecule has 0 saturated carbocycles. The Hall–Kier alpha value is -1.10. The van der Waals surface area contributed by atoms with E-state index in [2.05, 4.69) is 0 Å². The minimum Gasteiger partial charge on any atom is -0.479 e. The predicted octanol–water partition coefficient (Wildman–Crippen LogP) is 0.633. The third-order valence-corrected chi connectivity index (χ3v) is 3.56. The van der Waals surface area contributed by atoms with Crippen molar-refractivity contribution in [1.29, 1.82) is 0 Å². The van der Waals surface area contributed by atoms with Crippen molar-refractivity contribution < 1.29 is 19.4 Å². The van der Waals surface area contributed by atoms with Crippen LogP contribution in [0.5, 0.6) is 0 Å². The first-order valence-corrected chi connectivity index (χ1v) is 5.78. The molecule has 2 saturated heterocycles. The number of carboxylic acid groups (broad SMARTS) is 1. The normalized spacial score (nSPS) is 25.5. The zero-order valence-corrected chi connectivity index (χ0v) is 9.28. The highest BCUT2D eigenvalue weighted by Crippen LogP contribution is 2.31. The number of carboxylic acids is 1. The van der Waals surface area contributed by atoms with E-state index in [1.54, 1.807) is 4.90 Å². The van der Waals surface area contributed by atoms with Gasteiger partial charge >= 0.3 is 5.97 Å². The maximum Gasteiger partial charge on any atom is 0.329 e. The van der Waals surface area contributed by atoms with E-state index in [0.29, 0.717) is 39.0 Å². The minimum absolute atomic E-state index is 0.0180. The fourth-order valence-electron chi connectivity index (χ4n) is 2.57. The van der Waals surface area contributed by atoms with E-state index in [1.807, 2.05) is 0 Å². The second-order valence-corrected chi connectivity index (χ2v) is 4.45. The molecule has 5 nitrogen and oxygen atoms in total. The van der Waals surface area contributed by atoms with Gasteiger partial charge in [0.2, 0.25) is 5.91 Å². The summed E-state index contributed by atoms with van der Waals surface area (Å²) in [6.45, 7) is 1.43. The highest BCUT2D eigenvalue weighted by molar-refractivity contribution is 5.87. The van der Waals surface area contributed by atoms with Gasteiger partial charge in [0.15, 0.2) is 0 Å². The van der Waals surface area contributed by atoms with E-state index in [1.165, 1.54) is 0 Å². The molecule has 0 bridgehead atoms. The van der Waals surface area contributed by atoms with Crippen LogP contribution >= 0.6 is 0 Å². The molecular formula is C11H17NO4. The first-order valence-electron chi connectivity index (χ1n) is 5.78. The number of amides is 1. The van der Waals surface area contributed by atoms with Crippen LogP contribution in [-0.2, 0) is 14.3 Å². The van der Waals surface area contributed by atoms with Crippen molar-refractivity contribution in [1.82, 2.24) is 4.90 Å². The van der Waals surface area contributed by atoms with Crippen molar-refractivity contribution in [2.24, 2.45) is 0 Å². The lowest BCUT2D eigenvalue weighted by Gasteiger charge is -2.44. The lowest BCUT2D eigenvalue weighted by atomic mass is 9.86. The molecule has 0 radical (unpaired) electrons. The van der Waals surface area contributed by atoms with Crippen LogP contribution in [0.1, 0.15) is 32.1 Å². The molecule has 0 aliphatic carbocycles. The van der Waals surface area contributed by atoms with E-state index in [9.17, 15) is 14.7 Å². The Morgan fingerprint density at radius 2 is 2.00 bits per heavy atom. The van der Waals surface area contributed by atoms with Gasteiger partial charge in [-0.1, -0.05) is 0 Å². The van der Waals surface area contributed by atoms with Gasteiger partial charge in [-0.05, 0) is 12.8 Å². The van der Waals surface area contributed by atoms with Crippen molar-refractivity contribution in [2.45, 2.75) is 37.6 Å². The second kappa shape index (κ2) is 4.41. The van der Waals surface area contributed by atoms with Gasteiger partial charge in [-0.15, -0.1) is 0 Å². The van der Waals surface area contributed by atoms with Crippen LogP contribution in [0, 0.1) is 0 Å². The Kier molecular flexibility index (Phi) is 3.14. The van der Waals surface area contributed by atoms with Crippen molar-refractivity contribution >= 4 is 11.9 Å². The Labute approximate surface area is 94.4 Å². The molecule has 2 aliphatic rings. The summed E-state index contributed by atoms with van der Waals surface area (Å²) in [5.41, 5.74) is -1.00. The summed E-state index contributed by atoms with van der Waals surface area (Å²) in [6, 6.07) is 0. The summed E-state index contributed by atoms with van der Waals surface area (Å²) in [4.78, 5) is 24.9. The number of carbonyl (C=O) groups is 2. The highest BCUT2D eigenvalue weighted by Gasteiger charge is 2.47. The lowest BCUT2D eigenvalue weighted by Crippen LogP contribution is -2.60. The van der Waals surface area contributed by atoms with Crippen LogP contribution in [0.4, 0.5) is 0 Å². The zero-order valence-electron chi connectivity index (χ0n) is 9.28. The van der Waals surface area contributed by atoms with E-state index in [0.717, 1.165) is 12.8 Å². The number of likely N-dealkylation sites (tertiary alicyclic amines) is 1. The van der Waals surface area contributed by atoms with Gasteiger partial charge in [-0.25, -0.2) is 4.79 Å². The third-order valence-electron chi connectivity index (χ3n) is 3.56. The average Bonchev–Trinajstić information content (AvgIpc) is 2.30. The number of aliphatic carboxylic acids is 1. The summed E-state index contributed by atoms with van der Waals surface area (Å²) in [5, 5.41) is 9.41. The molecule has 5 heteroatoms. The van der Waals surface area contributed by atoms with Gasteiger partial charge in [0, 0.05) is 39.0 Å². The molecule has 90 valence electrons. The average molecular weight is 227 g/mol. The fourth-order valence-corrected chi connectivity index (χ4v) is 2.57. The molecule has 0 aromatic heterocycles. The fraction of sp³-hybridized carbons (Fsp3) is 0.818. The molecule has 16 heavy (non-hydrogen) atoms. The molecule has 2 aliphatic heterocycles. The Morgan fingerprint density at radius 1 is 1.31 bits per heavy atom. The standard InChI is InChI=1S/C11H17NO4/c13-9-3-1-2-6-12(9)11(10(14)15)4-7-16-8-5-11/h1-8H2,(H,14,15). The Balaban J connectivity index is 2.23. The van der Waals surface area contributed by atoms with Crippen LogP contribution in [0.3, 0.4) is 0 Å². The molecule has 2 heterocycles. The molecule has 0 atom stereocenters. The van der Waals surface area contributed by atoms with E-state index < -0.39 is 11.5 Å². The van der Waals surface area contributed by atoms with Gasteiger partial charge in [-0.2, -0.15) is 0 Å². The Morgan fingerprint density at radius 3 is 2.56 bits per heavy atom. The van der Waals surface area contributed by atoms with Crippen LogP contribution in [0.2, 0.25) is 0 Å². The number of rotatable bonds is 2. The smallest absolute Gasteiger partial charge is 0.329 e. The van der Waals surface area contributed by atoms with E-state index in [4.69, 9.17) is 4.74 Å². The number of nitrogens with zero attached hydrogens (tertiary/aromatic N) is 1.